The summed E-state index contributed by atoms with van der Waals surface area (Å²) in [5.41, 5.74) is 6.38. The van der Waals surface area contributed by atoms with Gasteiger partial charge in [-0.05, 0) is 19.4 Å². The monoisotopic (exact) mass is 224 g/mol. The van der Waals surface area contributed by atoms with E-state index in [2.05, 4.69) is 0 Å². The van der Waals surface area contributed by atoms with Crippen molar-refractivity contribution in [2.75, 3.05) is 13.7 Å². The third-order valence-electron chi connectivity index (χ3n) is 2.86. The predicted molar refractivity (Wildman–Crippen MR) is 61.2 cm³/mol. The molecule has 0 saturated heterocycles. The Labute approximate surface area is 94.4 Å². The van der Waals surface area contributed by atoms with E-state index in [9.17, 15) is 10.1 Å². The van der Waals surface area contributed by atoms with Crippen LogP contribution in [0.2, 0.25) is 0 Å². The molecule has 1 atom stereocenters. The zero-order valence-corrected chi connectivity index (χ0v) is 9.69. The molecule has 5 heteroatoms. The van der Waals surface area contributed by atoms with Crippen molar-refractivity contribution in [3.05, 3.63) is 39.4 Å². The molecule has 0 radical (unpaired) electrons. The molecule has 5 nitrogen and oxygen atoms in total. The number of rotatable bonds is 4. The summed E-state index contributed by atoms with van der Waals surface area (Å²) in [5.74, 6) is 0. The van der Waals surface area contributed by atoms with Crippen LogP contribution >= 0.6 is 0 Å². The van der Waals surface area contributed by atoms with Crippen molar-refractivity contribution >= 4 is 5.69 Å². The topological polar surface area (TPSA) is 78.4 Å². The quantitative estimate of drug-likeness (QED) is 0.624. The third kappa shape index (κ3) is 2.20. The molecule has 0 saturated carbocycles. The molecule has 0 heterocycles. The van der Waals surface area contributed by atoms with Crippen molar-refractivity contribution < 1.29 is 9.66 Å². The Hall–Kier alpha value is -1.46. The fourth-order valence-electron chi connectivity index (χ4n) is 1.45. The van der Waals surface area contributed by atoms with Crippen molar-refractivity contribution in [1.82, 2.24) is 0 Å². The minimum atomic E-state index is -0.682. The molecule has 0 aliphatic carbocycles. The zero-order chi connectivity index (χ0) is 12.3. The van der Waals surface area contributed by atoms with Crippen LogP contribution < -0.4 is 5.73 Å². The standard InChI is InChI=1S/C11H16N2O3/c1-8-4-5-9(6-10(8)13(14)15)11(2,7-12)16-3/h4-6H,7,12H2,1-3H3. The van der Waals surface area contributed by atoms with Gasteiger partial charge >= 0.3 is 0 Å². The van der Waals surface area contributed by atoms with Crippen molar-refractivity contribution in [3.8, 4) is 0 Å². The van der Waals surface area contributed by atoms with Crippen LogP contribution in [0.1, 0.15) is 18.1 Å². The smallest absolute Gasteiger partial charge is 0.272 e. The van der Waals surface area contributed by atoms with E-state index in [1.54, 1.807) is 33.1 Å². The maximum atomic E-state index is 10.8. The first-order valence-electron chi connectivity index (χ1n) is 4.95. The van der Waals surface area contributed by atoms with Gasteiger partial charge in [0.2, 0.25) is 0 Å². The largest absolute Gasteiger partial charge is 0.372 e. The van der Waals surface area contributed by atoms with Crippen LogP contribution in [0.25, 0.3) is 0 Å². The molecular formula is C11H16N2O3. The maximum absolute atomic E-state index is 10.8. The van der Waals surface area contributed by atoms with Crippen molar-refractivity contribution in [3.63, 3.8) is 0 Å². The van der Waals surface area contributed by atoms with E-state index in [0.29, 0.717) is 5.56 Å². The number of aryl methyl sites for hydroxylation is 1. The van der Waals surface area contributed by atoms with E-state index in [0.717, 1.165) is 5.56 Å². The van der Waals surface area contributed by atoms with Gasteiger partial charge in [-0.1, -0.05) is 12.1 Å². The number of benzene rings is 1. The van der Waals surface area contributed by atoms with Crippen LogP contribution in [0, 0.1) is 17.0 Å². The molecule has 1 rings (SSSR count). The molecule has 0 amide bonds. The van der Waals surface area contributed by atoms with E-state index in [1.165, 1.54) is 6.07 Å². The Morgan fingerprint density at radius 1 is 1.56 bits per heavy atom. The Kier molecular flexibility index (Phi) is 3.62. The summed E-state index contributed by atoms with van der Waals surface area (Å²) in [4.78, 5) is 10.4. The second-order valence-electron chi connectivity index (χ2n) is 3.90. The lowest BCUT2D eigenvalue weighted by Crippen LogP contribution is -2.33. The van der Waals surface area contributed by atoms with Crippen molar-refractivity contribution in [2.24, 2.45) is 5.73 Å². The average molecular weight is 224 g/mol. The lowest BCUT2D eigenvalue weighted by Gasteiger charge is -2.26. The second-order valence-corrected chi connectivity index (χ2v) is 3.90. The van der Waals surface area contributed by atoms with Crippen molar-refractivity contribution in [2.45, 2.75) is 19.4 Å². The first-order chi connectivity index (χ1) is 7.44. The summed E-state index contributed by atoms with van der Waals surface area (Å²) in [5, 5.41) is 10.8. The molecule has 16 heavy (non-hydrogen) atoms. The van der Waals surface area contributed by atoms with E-state index < -0.39 is 10.5 Å². The number of nitro benzene ring substituents is 1. The molecule has 0 spiro atoms. The number of nitro groups is 1. The zero-order valence-electron chi connectivity index (χ0n) is 9.69. The van der Waals surface area contributed by atoms with Crippen LogP contribution in [0.3, 0.4) is 0 Å². The predicted octanol–water partition coefficient (Wildman–Crippen LogP) is 1.72. The minimum Gasteiger partial charge on any atom is -0.372 e. The second kappa shape index (κ2) is 4.59. The summed E-state index contributed by atoms with van der Waals surface area (Å²) in [6, 6.07) is 5.03. The molecule has 1 aromatic rings. The van der Waals surface area contributed by atoms with Gasteiger partial charge in [0.15, 0.2) is 0 Å². The van der Waals surface area contributed by atoms with Gasteiger partial charge in [0.25, 0.3) is 5.69 Å². The van der Waals surface area contributed by atoms with Gasteiger partial charge in [-0.3, -0.25) is 10.1 Å². The summed E-state index contributed by atoms with van der Waals surface area (Å²) in [6.45, 7) is 3.78. The molecule has 0 aliphatic rings. The van der Waals surface area contributed by atoms with Gasteiger partial charge in [0.05, 0.1) is 4.92 Å². The number of nitrogens with two attached hydrogens (primary N) is 1. The Morgan fingerprint density at radius 2 is 2.19 bits per heavy atom. The summed E-state index contributed by atoms with van der Waals surface area (Å²) < 4.78 is 5.30. The average Bonchev–Trinajstić information content (AvgIpc) is 2.28. The van der Waals surface area contributed by atoms with Crippen LogP contribution in [0.15, 0.2) is 18.2 Å². The van der Waals surface area contributed by atoms with E-state index in [1.807, 2.05) is 0 Å². The molecule has 1 unspecified atom stereocenters. The molecule has 2 N–H and O–H groups in total. The van der Waals surface area contributed by atoms with Gasteiger partial charge in [-0.15, -0.1) is 0 Å². The molecule has 0 aliphatic heterocycles. The summed E-state index contributed by atoms with van der Waals surface area (Å²) >= 11 is 0. The summed E-state index contributed by atoms with van der Waals surface area (Å²) in [6.07, 6.45) is 0. The lowest BCUT2D eigenvalue weighted by atomic mass is 9.94. The maximum Gasteiger partial charge on any atom is 0.272 e. The molecule has 0 fully saturated rings. The van der Waals surface area contributed by atoms with Crippen LogP contribution in [-0.4, -0.2) is 18.6 Å². The van der Waals surface area contributed by atoms with E-state index in [-0.39, 0.29) is 12.2 Å². The third-order valence-corrected chi connectivity index (χ3v) is 2.86. The number of ether oxygens (including phenoxy) is 1. The first kappa shape index (κ1) is 12.6. The van der Waals surface area contributed by atoms with E-state index >= 15 is 0 Å². The van der Waals surface area contributed by atoms with Gasteiger partial charge in [0.1, 0.15) is 5.60 Å². The van der Waals surface area contributed by atoms with Crippen LogP contribution in [0.4, 0.5) is 5.69 Å². The fourth-order valence-corrected chi connectivity index (χ4v) is 1.45. The lowest BCUT2D eigenvalue weighted by molar-refractivity contribution is -0.385. The Balaban J connectivity index is 3.27. The molecule has 0 aromatic heterocycles. The minimum absolute atomic E-state index is 0.0919. The number of hydrogen-bond donors (Lipinski definition) is 1. The Bertz CT molecular complexity index is 400. The molecule has 1 aromatic carbocycles. The van der Waals surface area contributed by atoms with Crippen molar-refractivity contribution in [1.29, 1.82) is 0 Å². The summed E-state index contributed by atoms with van der Waals surface area (Å²) in [7, 11) is 1.54. The highest BCUT2D eigenvalue weighted by Gasteiger charge is 2.26. The fraction of sp³-hybridized carbons (Fsp3) is 0.455. The highest BCUT2D eigenvalue weighted by molar-refractivity contribution is 5.44. The Morgan fingerprint density at radius 3 is 2.62 bits per heavy atom. The van der Waals surface area contributed by atoms with E-state index in [4.69, 9.17) is 10.5 Å². The van der Waals surface area contributed by atoms with Crippen LogP contribution in [-0.2, 0) is 10.3 Å². The highest BCUT2D eigenvalue weighted by atomic mass is 16.6. The normalized spacial score (nSPS) is 14.5. The van der Waals surface area contributed by atoms with Gasteiger partial charge in [-0.25, -0.2) is 0 Å². The SMILES string of the molecule is COC(C)(CN)c1ccc(C)c([N+](=O)[O-])c1. The van der Waals surface area contributed by atoms with Gasteiger partial charge in [0, 0.05) is 25.3 Å². The van der Waals surface area contributed by atoms with Gasteiger partial charge < -0.3 is 10.5 Å². The van der Waals surface area contributed by atoms with Gasteiger partial charge in [-0.2, -0.15) is 0 Å². The van der Waals surface area contributed by atoms with Crippen LogP contribution in [0.5, 0.6) is 0 Å². The first-order valence-corrected chi connectivity index (χ1v) is 4.95. The highest BCUT2D eigenvalue weighted by Crippen LogP contribution is 2.28. The molecule has 0 bridgehead atoms. The number of hydrogen-bond acceptors (Lipinski definition) is 4. The number of methoxy groups -OCH3 is 1. The number of nitrogens with zero attached hydrogens (tertiary/aromatic N) is 1. The molecule has 88 valence electrons. The molecular weight excluding hydrogens is 208 g/mol.